The lowest BCUT2D eigenvalue weighted by Gasteiger charge is -2.38. The minimum Gasteiger partial charge on any atom is -0.345 e. The van der Waals surface area contributed by atoms with E-state index in [1.54, 1.807) is 6.92 Å². The first-order valence-corrected chi connectivity index (χ1v) is 6.93. The summed E-state index contributed by atoms with van der Waals surface area (Å²) < 4.78 is 0.411. The Hall–Kier alpha value is -1.48. The normalized spacial score (nSPS) is 23.4. The van der Waals surface area contributed by atoms with Gasteiger partial charge in [0.15, 0.2) is 5.96 Å². The molecule has 1 saturated heterocycles. The summed E-state index contributed by atoms with van der Waals surface area (Å²) in [4.78, 5) is 24.1. The number of carbonyl (C=O) groups is 1. The Morgan fingerprint density at radius 2 is 2.32 bits per heavy atom. The van der Waals surface area contributed by atoms with Gasteiger partial charge in [0.1, 0.15) is 3.79 Å². The lowest BCUT2D eigenvalue weighted by Crippen LogP contribution is -2.57. The molecule has 1 amide bonds. The fourth-order valence-corrected chi connectivity index (χ4v) is 3.57. The van der Waals surface area contributed by atoms with Gasteiger partial charge in [-0.2, -0.15) is 0 Å². The van der Waals surface area contributed by atoms with Gasteiger partial charge in [0.05, 0.1) is 16.9 Å². The Morgan fingerprint density at radius 3 is 2.79 bits per heavy atom. The molecule has 0 aliphatic carbocycles. The second-order valence-electron chi connectivity index (χ2n) is 4.46. The Bertz CT molecular complexity index is 567. The van der Waals surface area contributed by atoms with Gasteiger partial charge in [-0.25, -0.2) is 0 Å². The molecule has 0 unspecified atom stereocenters. The van der Waals surface area contributed by atoms with Gasteiger partial charge in [0, 0.05) is 18.0 Å². The molecule has 19 heavy (non-hydrogen) atoms. The smallest absolute Gasteiger partial charge is 0.294 e. The molecule has 2 rings (SSSR count). The van der Waals surface area contributed by atoms with E-state index in [2.05, 4.69) is 21.2 Å². The van der Waals surface area contributed by atoms with Crippen LogP contribution in [0.1, 0.15) is 18.2 Å². The molecule has 0 aromatic carbocycles. The molecule has 1 aromatic rings. The molecular weight excluding hydrogens is 336 g/mol. The highest BCUT2D eigenvalue weighted by atomic mass is 79.9. The van der Waals surface area contributed by atoms with Crippen LogP contribution in [0, 0.1) is 15.5 Å². The number of thiophene rings is 1. The minimum atomic E-state index is -0.790. The molecule has 1 fully saturated rings. The Balaban J connectivity index is 2.40. The summed E-state index contributed by atoms with van der Waals surface area (Å²) >= 11 is 4.35. The van der Waals surface area contributed by atoms with Crippen LogP contribution in [0.4, 0.5) is 5.69 Å². The van der Waals surface area contributed by atoms with Crippen LogP contribution in [0.15, 0.2) is 9.85 Å². The zero-order valence-corrected chi connectivity index (χ0v) is 12.6. The van der Waals surface area contributed by atoms with Gasteiger partial charge in [-0.05, 0) is 22.9 Å². The molecule has 0 saturated carbocycles. The van der Waals surface area contributed by atoms with Gasteiger partial charge < -0.3 is 5.32 Å². The van der Waals surface area contributed by atoms with Crippen LogP contribution < -0.4 is 5.32 Å². The van der Waals surface area contributed by atoms with E-state index < -0.39 is 10.5 Å². The fourth-order valence-electron chi connectivity index (χ4n) is 1.84. The number of hydrogen-bond acceptors (Lipinski definition) is 5. The summed E-state index contributed by atoms with van der Waals surface area (Å²) in [6.45, 7) is 1.76. The third-order valence-electron chi connectivity index (χ3n) is 3.02. The third-order valence-corrected chi connectivity index (χ3v) is 5.09. The van der Waals surface area contributed by atoms with Gasteiger partial charge in [-0.15, -0.1) is 11.3 Å². The minimum absolute atomic E-state index is 0.00840. The topological polar surface area (TPSA) is 99.3 Å². The number of guanidine groups is 1. The third kappa shape index (κ3) is 2.35. The highest BCUT2D eigenvalue weighted by Crippen LogP contribution is 2.41. The summed E-state index contributed by atoms with van der Waals surface area (Å²) in [6.07, 6.45) is 0.149. The first-order valence-electron chi connectivity index (χ1n) is 5.32. The lowest BCUT2D eigenvalue weighted by atomic mass is 9.93. The van der Waals surface area contributed by atoms with E-state index >= 15 is 0 Å². The van der Waals surface area contributed by atoms with Crippen molar-refractivity contribution in [2.75, 3.05) is 7.05 Å². The number of carbonyl (C=O) groups excluding carboxylic acids is 1. The molecule has 1 aliphatic heterocycles. The van der Waals surface area contributed by atoms with Crippen molar-refractivity contribution in [2.24, 2.45) is 0 Å². The van der Waals surface area contributed by atoms with Crippen LogP contribution in [-0.2, 0) is 10.3 Å². The maximum absolute atomic E-state index is 11.8. The fraction of sp³-hybridized carbons (Fsp3) is 0.400. The van der Waals surface area contributed by atoms with Crippen LogP contribution in [0.3, 0.4) is 0 Å². The molecule has 0 bridgehead atoms. The number of nitrogens with one attached hydrogen (secondary N) is 2. The molecule has 0 spiro atoms. The second-order valence-corrected chi connectivity index (χ2v) is 6.83. The van der Waals surface area contributed by atoms with Crippen molar-refractivity contribution in [2.45, 2.75) is 18.9 Å². The number of amides is 1. The van der Waals surface area contributed by atoms with Crippen molar-refractivity contribution in [3.63, 3.8) is 0 Å². The lowest BCUT2D eigenvalue weighted by molar-refractivity contribution is -0.385. The number of rotatable bonds is 2. The van der Waals surface area contributed by atoms with Crippen molar-refractivity contribution in [1.29, 1.82) is 5.41 Å². The largest absolute Gasteiger partial charge is 0.345 e. The SMILES string of the molecule is CN1C(=N)N[C@](C)(c2cc([N+](=O)[O-])c(Br)s2)CC1=O. The summed E-state index contributed by atoms with van der Waals surface area (Å²) in [5.74, 6) is -0.204. The maximum Gasteiger partial charge on any atom is 0.294 e. The molecule has 9 heteroatoms. The first-order chi connectivity index (χ1) is 8.74. The molecule has 1 aromatic heterocycles. The predicted octanol–water partition coefficient (Wildman–Crippen LogP) is 2.02. The second kappa shape index (κ2) is 4.57. The number of hydrogen-bond donors (Lipinski definition) is 2. The summed E-state index contributed by atoms with van der Waals surface area (Å²) in [6, 6.07) is 1.44. The number of halogens is 1. The van der Waals surface area contributed by atoms with Crippen molar-refractivity contribution in [3.05, 3.63) is 24.8 Å². The van der Waals surface area contributed by atoms with E-state index in [0.717, 1.165) is 0 Å². The Labute approximate surface area is 121 Å². The van der Waals surface area contributed by atoms with Crippen LogP contribution in [0.25, 0.3) is 0 Å². The van der Waals surface area contributed by atoms with E-state index in [1.165, 1.54) is 29.4 Å². The van der Waals surface area contributed by atoms with Gasteiger partial charge in [-0.1, -0.05) is 0 Å². The zero-order chi connectivity index (χ0) is 14.4. The van der Waals surface area contributed by atoms with Crippen molar-refractivity contribution < 1.29 is 9.72 Å². The standard InChI is InChI=1S/C10H11BrN4O3S/c1-10(4-7(16)14(2)9(12)13-10)6-3-5(15(17)18)8(11)19-6/h3H,4H2,1-2H3,(H2,12,13)/t10-/m0/s1. The maximum atomic E-state index is 11.8. The molecule has 1 atom stereocenters. The van der Waals surface area contributed by atoms with Crippen LogP contribution >= 0.6 is 27.3 Å². The quantitative estimate of drug-likeness (QED) is 0.631. The van der Waals surface area contributed by atoms with Crippen molar-refractivity contribution in [1.82, 2.24) is 10.2 Å². The zero-order valence-electron chi connectivity index (χ0n) is 10.2. The Kier molecular flexibility index (Phi) is 3.35. The first kappa shape index (κ1) is 13.9. The van der Waals surface area contributed by atoms with Crippen LogP contribution in [0.2, 0.25) is 0 Å². The summed E-state index contributed by atoms with van der Waals surface area (Å²) in [5, 5.41) is 21.5. The van der Waals surface area contributed by atoms with E-state index in [4.69, 9.17) is 5.41 Å². The molecule has 0 radical (unpaired) electrons. The summed E-state index contributed by atoms with van der Waals surface area (Å²) in [7, 11) is 1.52. The predicted molar refractivity (Wildman–Crippen MR) is 74.3 cm³/mol. The van der Waals surface area contributed by atoms with Crippen LogP contribution in [-0.4, -0.2) is 28.7 Å². The van der Waals surface area contributed by atoms with E-state index in [9.17, 15) is 14.9 Å². The molecular formula is C10H11BrN4O3S. The van der Waals surface area contributed by atoms with Gasteiger partial charge >= 0.3 is 0 Å². The van der Waals surface area contributed by atoms with Gasteiger partial charge in [-0.3, -0.25) is 25.2 Å². The van der Waals surface area contributed by atoms with Gasteiger partial charge in [0.2, 0.25) is 5.91 Å². The molecule has 2 N–H and O–H groups in total. The van der Waals surface area contributed by atoms with Crippen molar-refractivity contribution >= 4 is 44.8 Å². The average Bonchev–Trinajstić information content (AvgIpc) is 2.69. The van der Waals surface area contributed by atoms with E-state index in [0.29, 0.717) is 8.66 Å². The average molecular weight is 347 g/mol. The Morgan fingerprint density at radius 1 is 1.68 bits per heavy atom. The van der Waals surface area contributed by atoms with E-state index in [-0.39, 0.29) is 24.0 Å². The highest BCUT2D eigenvalue weighted by Gasteiger charge is 2.40. The highest BCUT2D eigenvalue weighted by molar-refractivity contribution is 9.11. The summed E-state index contributed by atoms with van der Waals surface area (Å²) in [5.41, 5.74) is -0.816. The van der Waals surface area contributed by atoms with Gasteiger partial charge in [0.25, 0.3) is 5.69 Å². The van der Waals surface area contributed by atoms with E-state index in [1.807, 2.05) is 0 Å². The monoisotopic (exact) mass is 346 g/mol. The number of nitro groups is 1. The van der Waals surface area contributed by atoms with Crippen LogP contribution in [0.5, 0.6) is 0 Å². The molecule has 7 nitrogen and oxygen atoms in total. The van der Waals surface area contributed by atoms with Crippen molar-refractivity contribution in [3.8, 4) is 0 Å². The molecule has 1 aliphatic rings. The molecule has 102 valence electrons. The molecule has 2 heterocycles. The number of nitrogens with zero attached hydrogens (tertiary/aromatic N) is 2.